The smallest absolute Gasteiger partial charge is 0.227 e. The lowest BCUT2D eigenvalue weighted by Gasteiger charge is -2.27. The average Bonchev–Trinajstić information content (AvgIpc) is 2.71. The van der Waals surface area contributed by atoms with E-state index in [2.05, 4.69) is 16.7 Å². The van der Waals surface area contributed by atoms with Crippen LogP contribution in [0.1, 0.15) is 27.7 Å². The van der Waals surface area contributed by atoms with Gasteiger partial charge in [-0.3, -0.25) is 4.79 Å². The van der Waals surface area contributed by atoms with Crippen molar-refractivity contribution < 1.29 is 4.79 Å². The first-order chi connectivity index (χ1) is 7.41. The molecule has 92 valence electrons. The topological polar surface area (TPSA) is 23.6 Å². The number of carbonyl (C=O) groups excluding carboxylic acids is 1. The summed E-state index contributed by atoms with van der Waals surface area (Å²) in [7, 11) is 0. The first-order valence-electron chi connectivity index (χ1n) is 6.43. The van der Waals surface area contributed by atoms with Crippen molar-refractivity contribution in [2.75, 3.05) is 32.7 Å². The fraction of sp³-hybridized carbons (Fsp3) is 0.923. The summed E-state index contributed by atoms with van der Waals surface area (Å²) in [6, 6.07) is 0. The summed E-state index contributed by atoms with van der Waals surface area (Å²) in [5, 5.41) is 0. The van der Waals surface area contributed by atoms with Crippen molar-refractivity contribution >= 4 is 5.91 Å². The van der Waals surface area contributed by atoms with Crippen LogP contribution < -0.4 is 0 Å². The molecule has 0 aliphatic carbocycles. The quantitative estimate of drug-likeness (QED) is 0.673. The molecule has 0 N–H and O–H groups in total. The molecular weight excluding hydrogens is 200 g/mol. The summed E-state index contributed by atoms with van der Waals surface area (Å²) in [4.78, 5) is 16.8. The van der Waals surface area contributed by atoms with E-state index in [1.807, 2.05) is 20.8 Å². The van der Waals surface area contributed by atoms with Crippen LogP contribution in [0.15, 0.2) is 0 Å². The third-order valence-electron chi connectivity index (χ3n) is 3.94. The molecule has 1 amide bonds. The molecule has 0 radical (unpaired) electrons. The van der Waals surface area contributed by atoms with Gasteiger partial charge in [0.1, 0.15) is 0 Å². The number of amides is 1. The van der Waals surface area contributed by atoms with Crippen molar-refractivity contribution in [2.45, 2.75) is 27.7 Å². The fourth-order valence-electron chi connectivity index (χ4n) is 2.99. The van der Waals surface area contributed by atoms with E-state index in [1.54, 1.807) is 0 Å². The van der Waals surface area contributed by atoms with Crippen LogP contribution in [0.4, 0.5) is 0 Å². The molecule has 3 heteroatoms. The summed E-state index contributed by atoms with van der Waals surface area (Å²) in [6.45, 7) is 13.8. The van der Waals surface area contributed by atoms with Gasteiger partial charge in [-0.25, -0.2) is 0 Å². The second kappa shape index (κ2) is 4.02. The van der Waals surface area contributed by atoms with Crippen molar-refractivity contribution in [3.63, 3.8) is 0 Å². The fourth-order valence-corrected chi connectivity index (χ4v) is 2.99. The molecule has 0 saturated carbocycles. The molecule has 0 bridgehead atoms. The molecule has 2 rings (SSSR count). The van der Waals surface area contributed by atoms with Crippen molar-refractivity contribution in [1.29, 1.82) is 0 Å². The normalized spacial score (nSPS) is 30.9. The van der Waals surface area contributed by atoms with Gasteiger partial charge in [-0.15, -0.1) is 0 Å². The Hall–Kier alpha value is -0.570. The van der Waals surface area contributed by atoms with Crippen LogP contribution in [0.2, 0.25) is 0 Å². The zero-order valence-corrected chi connectivity index (χ0v) is 11.0. The number of hydrogen-bond donors (Lipinski definition) is 0. The van der Waals surface area contributed by atoms with Gasteiger partial charge in [0, 0.05) is 31.6 Å². The van der Waals surface area contributed by atoms with Gasteiger partial charge in [0.25, 0.3) is 0 Å². The summed E-state index contributed by atoms with van der Waals surface area (Å²) < 4.78 is 0. The Kier molecular flexibility index (Phi) is 2.99. The molecule has 0 aromatic rings. The maximum absolute atomic E-state index is 12.2. The average molecular weight is 224 g/mol. The van der Waals surface area contributed by atoms with Crippen molar-refractivity contribution in [1.82, 2.24) is 9.80 Å². The zero-order valence-electron chi connectivity index (χ0n) is 11.0. The van der Waals surface area contributed by atoms with E-state index in [4.69, 9.17) is 0 Å². The Morgan fingerprint density at radius 3 is 2.00 bits per heavy atom. The maximum atomic E-state index is 12.2. The Labute approximate surface area is 98.8 Å². The van der Waals surface area contributed by atoms with Crippen molar-refractivity contribution in [3.05, 3.63) is 0 Å². The molecular formula is C13H24N2O. The predicted octanol–water partition coefficient (Wildman–Crippen LogP) is 1.44. The highest BCUT2D eigenvalue weighted by Crippen LogP contribution is 2.33. The first-order valence-corrected chi connectivity index (χ1v) is 6.43. The third kappa shape index (κ3) is 2.10. The molecule has 0 aromatic carbocycles. The van der Waals surface area contributed by atoms with Crippen LogP contribution in [-0.2, 0) is 4.79 Å². The summed E-state index contributed by atoms with van der Waals surface area (Å²) >= 11 is 0. The molecule has 2 unspecified atom stereocenters. The molecule has 2 heterocycles. The summed E-state index contributed by atoms with van der Waals surface area (Å²) in [6.07, 6.45) is 0. The van der Waals surface area contributed by atoms with Crippen LogP contribution in [0.3, 0.4) is 0 Å². The Morgan fingerprint density at radius 2 is 1.62 bits per heavy atom. The van der Waals surface area contributed by atoms with Gasteiger partial charge >= 0.3 is 0 Å². The number of fused-ring (bicyclic) bond motifs is 1. The number of hydrogen-bond acceptors (Lipinski definition) is 2. The van der Waals surface area contributed by atoms with Gasteiger partial charge in [-0.05, 0) is 18.4 Å². The van der Waals surface area contributed by atoms with Crippen LogP contribution >= 0.6 is 0 Å². The predicted molar refractivity (Wildman–Crippen MR) is 65.1 cm³/mol. The first kappa shape index (κ1) is 11.9. The molecule has 3 nitrogen and oxygen atoms in total. The van der Waals surface area contributed by atoms with Crippen LogP contribution in [0, 0.1) is 17.3 Å². The van der Waals surface area contributed by atoms with Gasteiger partial charge < -0.3 is 9.80 Å². The van der Waals surface area contributed by atoms with Gasteiger partial charge in [0.05, 0.1) is 0 Å². The molecule has 2 atom stereocenters. The highest BCUT2D eigenvalue weighted by Gasteiger charge is 2.42. The number of rotatable bonds is 1. The highest BCUT2D eigenvalue weighted by molar-refractivity contribution is 5.81. The van der Waals surface area contributed by atoms with Gasteiger partial charge in [-0.1, -0.05) is 27.7 Å². The molecule has 16 heavy (non-hydrogen) atoms. The Morgan fingerprint density at radius 1 is 1.12 bits per heavy atom. The standard InChI is InChI=1S/C13H24N2O/c1-5-14-6-10-8-15(9-11(10)7-14)12(16)13(2,3)4/h10-11H,5-9H2,1-4H3. The zero-order chi connectivity index (χ0) is 11.9. The Balaban J connectivity index is 1.94. The second-order valence-corrected chi connectivity index (χ2v) is 6.33. The lowest BCUT2D eigenvalue weighted by molar-refractivity contribution is -0.138. The minimum absolute atomic E-state index is 0.219. The van der Waals surface area contributed by atoms with E-state index in [9.17, 15) is 4.79 Å². The minimum atomic E-state index is -0.219. The van der Waals surface area contributed by atoms with E-state index in [0.29, 0.717) is 5.91 Å². The molecule has 2 aliphatic rings. The minimum Gasteiger partial charge on any atom is -0.342 e. The SMILES string of the molecule is CCN1CC2CN(C(=O)C(C)(C)C)CC2C1. The number of nitrogens with zero attached hydrogens (tertiary/aromatic N) is 2. The van der Waals surface area contributed by atoms with E-state index < -0.39 is 0 Å². The molecule has 2 saturated heterocycles. The van der Waals surface area contributed by atoms with Gasteiger partial charge in [0.2, 0.25) is 5.91 Å². The summed E-state index contributed by atoms with van der Waals surface area (Å²) in [5.74, 6) is 1.78. The second-order valence-electron chi connectivity index (χ2n) is 6.33. The van der Waals surface area contributed by atoms with Crippen LogP contribution in [0.25, 0.3) is 0 Å². The molecule has 2 aliphatic heterocycles. The van der Waals surface area contributed by atoms with E-state index in [-0.39, 0.29) is 5.41 Å². The van der Waals surface area contributed by atoms with E-state index in [0.717, 1.165) is 31.5 Å². The number of carbonyl (C=O) groups is 1. The number of likely N-dealkylation sites (tertiary alicyclic amines) is 2. The molecule has 0 aromatic heterocycles. The van der Waals surface area contributed by atoms with Crippen LogP contribution in [-0.4, -0.2) is 48.4 Å². The van der Waals surface area contributed by atoms with Crippen LogP contribution in [0.5, 0.6) is 0 Å². The van der Waals surface area contributed by atoms with E-state index in [1.165, 1.54) is 13.1 Å². The van der Waals surface area contributed by atoms with Gasteiger partial charge in [-0.2, -0.15) is 0 Å². The van der Waals surface area contributed by atoms with Crippen molar-refractivity contribution in [2.24, 2.45) is 17.3 Å². The van der Waals surface area contributed by atoms with Crippen molar-refractivity contribution in [3.8, 4) is 0 Å². The van der Waals surface area contributed by atoms with Gasteiger partial charge in [0.15, 0.2) is 0 Å². The Bertz CT molecular complexity index is 268. The highest BCUT2D eigenvalue weighted by atomic mass is 16.2. The monoisotopic (exact) mass is 224 g/mol. The molecule has 0 spiro atoms. The largest absolute Gasteiger partial charge is 0.342 e. The lowest BCUT2D eigenvalue weighted by Crippen LogP contribution is -2.39. The third-order valence-corrected chi connectivity index (χ3v) is 3.94. The lowest BCUT2D eigenvalue weighted by atomic mass is 9.95. The molecule has 2 fully saturated rings. The van der Waals surface area contributed by atoms with E-state index >= 15 is 0 Å². The maximum Gasteiger partial charge on any atom is 0.227 e. The summed E-state index contributed by atoms with van der Waals surface area (Å²) in [5.41, 5.74) is -0.219.